The van der Waals surface area contributed by atoms with E-state index in [0.717, 1.165) is 28.0 Å². The molecule has 19 heavy (non-hydrogen) atoms. The van der Waals surface area contributed by atoms with E-state index >= 15 is 0 Å². The molecule has 1 N–H and O–H groups in total. The number of nitrogens with zero attached hydrogens (tertiary/aromatic N) is 3. The maximum atomic E-state index is 6.17. The first-order chi connectivity index (χ1) is 9.06. The Kier molecular flexibility index (Phi) is 5.18. The second-order valence-corrected chi connectivity index (χ2v) is 6.41. The Morgan fingerprint density at radius 3 is 2.84 bits per heavy atom. The Bertz CT molecular complexity index is 553. The Balaban J connectivity index is 2.15. The SMILES string of the molecule is CC(C)CNCc1cc(-n2cc(I)cn2)ncc1Cl. The lowest BCUT2D eigenvalue weighted by molar-refractivity contribution is 0.552. The van der Waals surface area contributed by atoms with Gasteiger partial charge in [-0.1, -0.05) is 25.4 Å². The maximum absolute atomic E-state index is 6.17. The third-order valence-corrected chi connectivity index (χ3v) is 3.47. The Morgan fingerprint density at radius 2 is 2.21 bits per heavy atom. The van der Waals surface area contributed by atoms with Gasteiger partial charge in [-0.2, -0.15) is 5.10 Å². The summed E-state index contributed by atoms with van der Waals surface area (Å²) in [5, 5.41) is 8.31. The predicted octanol–water partition coefficient (Wildman–Crippen LogP) is 3.27. The second-order valence-electron chi connectivity index (χ2n) is 4.76. The van der Waals surface area contributed by atoms with E-state index in [1.807, 2.05) is 12.3 Å². The quantitative estimate of drug-likeness (QED) is 0.797. The smallest absolute Gasteiger partial charge is 0.153 e. The van der Waals surface area contributed by atoms with Crippen molar-refractivity contribution in [1.82, 2.24) is 20.1 Å². The zero-order valence-electron chi connectivity index (χ0n) is 10.9. The molecular formula is C13H16ClIN4. The number of aromatic nitrogens is 3. The monoisotopic (exact) mass is 390 g/mol. The van der Waals surface area contributed by atoms with Gasteiger partial charge < -0.3 is 5.32 Å². The van der Waals surface area contributed by atoms with Crippen molar-refractivity contribution < 1.29 is 0 Å². The zero-order chi connectivity index (χ0) is 13.8. The van der Waals surface area contributed by atoms with Gasteiger partial charge in [-0.25, -0.2) is 9.67 Å². The van der Waals surface area contributed by atoms with E-state index < -0.39 is 0 Å². The summed E-state index contributed by atoms with van der Waals surface area (Å²) in [6.07, 6.45) is 5.41. The van der Waals surface area contributed by atoms with Crippen LogP contribution in [0.2, 0.25) is 5.02 Å². The highest BCUT2D eigenvalue weighted by molar-refractivity contribution is 14.1. The molecule has 0 aliphatic heterocycles. The van der Waals surface area contributed by atoms with E-state index in [-0.39, 0.29) is 0 Å². The summed E-state index contributed by atoms with van der Waals surface area (Å²) >= 11 is 8.39. The molecule has 2 heterocycles. The minimum atomic E-state index is 0.618. The molecule has 2 aromatic heterocycles. The fourth-order valence-corrected chi connectivity index (χ4v) is 2.21. The third-order valence-electron chi connectivity index (χ3n) is 2.57. The highest BCUT2D eigenvalue weighted by Gasteiger charge is 2.06. The van der Waals surface area contributed by atoms with Crippen LogP contribution in [0.15, 0.2) is 24.7 Å². The van der Waals surface area contributed by atoms with Crippen molar-refractivity contribution >= 4 is 34.2 Å². The summed E-state index contributed by atoms with van der Waals surface area (Å²) in [5.74, 6) is 1.40. The molecule has 0 saturated heterocycles. The van der Waals surface area contributed by atoms with Gasteiger partial charge in [0.05, 0.1) is 14.8 Å². The van der Waals surface area contributed by atoms with Gasteiger partial charge in [0.15, 0.2) is 5.82 Å². The minimum Gasteiger partial charge on any atom is -0.312 e. The van der Waals surface area contributed by atoms with Gasteiger partial charge in [0, 0.05) is 18.9 Å². The molecule has 0 bridgehead atoms. The summed E-state index contributed by atoms with van der Waals surface area (Å²) in [5.41, 5.74) is 1.04. The molecule has 0 spiro atoms. The van der Waals surface area contributed by atoms with Gasteiger partial charge in [-0.3, -0.25) is 0 Å². The fourth-order valence-electron chi connectivity index (χ4n) is 1.65. The minimum absolute atomic E-state index is 0.618. The predicted molar refractivity (Wildman–Crippen MR) is 85.6 cm³/mol. The first kappa shape index (κ1) is 14.7. The molecule has 0 atom stereocenters. The molecule has 6 heteroatoms. The van der Waals surface area contributed by atoms with E-state index in [2.05, 4.69) is 51.8 Å². The van der Waals surface area contributed by atoms with E-state index in [1.165, 1.54) is 0 Å². The highest BCUT2D eigenvalue weighted by atomic mass is 127. The third kappa shape index (κ3) is 4.15. The van der Waals surface area contributed by atoms with E-state index in [9.17, 15) is 0 Å². The van der Waals surface area contributed by atoms with Crippen molar-refractivity contribution in [3.8, 4) is 5.82 Å². The Hall–Kier alpha value is -0.660. The average Bonchev–Trinajstić information content (AvgIpc) is 2.78. The van der Waals surface area contributed by atoms with Gasteiger partial charge in [-0.05, 0) is 46.7 Å². The largest absolute Gasteiger partial charge is 0.312 e. The number of rotatable bonds is 5. The number of hydrogen-bond acceptors (Lipinski definition) is 3. The van der Waals surface area contributed by atoms with Crippen molar-refractivity contribution in [2.24, 2.45) is 5.92 Å². The summed E-state index contributed by atoms with van der Waals surface area (Å²) in [7, 11) is 0. The molecule has 0 fully saturated rings. The van der Waals surface area contributed by atoms with Gasteiger partial charge >= 0.3 is 0 Å². The Labute approximate surface area is 131 Å². The lowest BCUT2D eigenvalue weighted by Crippen LogP contribution is -2.19. The summed E-state index contributed by atoms with van der Waals surface area (Å²) in [6.45, 7) is 6.06. The molecule has 2 rings (SSSR count). The normalized spacial score (nSPS) is 11.2. The van der Waals surface area contributed by atoms with Crippen LogP contribution in [0.25, 0.3) is 5.82 Å². The lowest BCUT2D eigenvalue weighted by atomic mass is 10.2. The number of halogens is 2. The van der Waals surface area contributed by atoms with Gasteiger partial charge in [0.25, 0.3) is 0 Å². The topological polar surface area (TPSA) is 42.7 Å². The molecule has 102 valence electrons. The first-order valence-corrected chi connectivity index (χ1v) is 7.57. The first-order valence-electron chi connectivity index (χ1n) is 6.12. The van der Waals surface area contributed by atoms with Crippen molar-refractivity contribution in [3.05, 3.63) is 38.8 Å². The second kappa shape index (κ2) is 6.67. The Morgan fingerprint density at radius 1 is 1.42 bits per heavy atom. The fraction of sp³-hybridized carbons (Fsp3) is 0.385. The van der Waals surface area contributed by atoms with E-state index in [1.54, 1.807) is 17.1 Å². The van der Waals surface area contributed by atoms with E-state index in [4.69, 9.17) is 11.6 Å². The molecular weight excluding hydrogens is 375 g/mol. The van der Waals surface area contributed by atoms with Gasteiger partial charge in [0.2, 0.25) is 0 Å². The van der Waals surface area contributed by atoms with Crippen molar-refractivity contribution in [1.29, 1.82) is 0 Å². The molecule has 0 saturated carbocycles. The number of hydrogen-bond donors (Lipinski definition) is 1. The number of nitrogens with one attached hydrogen (secondary N) is 1. The zero-order valence-corrected chi connectivity index (χ0v) is 13.8. The van der Waals surface area contributed by atoms with Crippen LogP contribution in [0.1, 0.15) is 19.4 Å². The van der Waals surface area contributed by atoms with Crippen LogP contribution in [0.5, 0.6) is 0 Å². The van der Waals surface area contributed by atoms with Crippen LogP contribution in [-0.2, 0) is 6.54 Å². The van der Waals surface area contributed by atoms with Gasteiger partial charge in [0.1, 0.15) is 0 Å². The summed E-state index contributed by atoms with van der Waals surface area (Å²) in [4.78, 5) is 4.30. The van der Waals surface area contributed by atoms with Crippen LogP contribution >= 0.6 is 34.2 Å². The molecule has 0 unspecified atom stereocenters. The van der Waals surface area contributed by atoms with Crippen molar-refractivity contribution in [2.75, 3.05) is 6.54 Å². The standard InChI is InChI=1S/C13H16ClIN4/c1-9(2)4-16-5-10-3-13(17-7-12(10)14)19-8-11(15)6-18-19/h3,6-9,16H,4-5H2,1-2H3. The molecule has 0 aliphatic rings. The van der Waals surface area contributed by atoms with Crippen LogP contribution in [-0.4, -0.2) is 21.3 Å². The average molecular weight is 391 g/mol. The van der Waals surface area contributed by atoms with Crippen molar-refractivity contribution in [3.63, 3.8) is 0 Å². The van der Waals surface area contributed by atoms with Crippen LogP contribution in [0.4, 0.5) is 0 Å². The number of pyridine rings is 1. The maximum Gasteiger partial charge on any atom is 0.153 e. The molecule has 0 aromatic carbocycles. The van der Waals surface area contributed by atoms with Gasteiger partial charge in [-0.15, -0.1) is 0 Å². The summed E-state index contributed by atoms with van der Waals surface area (Å²) < 4.78 is 2.83. The molecule has 0 amide bonds. The molecule has 0 aliphatic carbocycles. The summed E-state index contributed by atoms with van der Waals surface area (Å²) in [6, 6.07) is 1.97. The van der Waals surface area contributed by atoms with Crippen LogP contribution in [0, 0.1) is 9.49 Å². The molecule has 0 radical (unpaired) electrons. The molecule has 2 aromatic rings. The lowest BCUT2D eigenvalue weighted by Gasteiger charge is -2.10. The van der Waals surface area contributed by atoms with Crippen LogP contribution in [0.3, 0.4) is 0 Å². The van der Waals surface area contributed by atoms with E-state index in [0.29, 0.717) is 10.9 Å². The van der Waals surface area contributed by atoms with Crippen LogP contribution < -0.4 is 5.32 Å². The van der Waals surface area contributed by atoms with Crippen molar-refractivity contribution in [2.45, 2.75) is 20.4 Å². The highest BCUT2D eigenvalue weighted by Crippen LogP contribution is 2.17. The molecule has 4 nitrogen and oxygen atoms in total.